The maximum atomic E-state index is 15.9. The highest BCUT2D eigenvalue weighted by atomic mass is 32.2. The molecule has 0 saturated carbocycles. The fraction of sp³-hybridized carbons (Fsp3) is 0.463. The maximum absolute atomic E-state index is 15.9. The molecule has 2 aliphatic rings. The Morgan fingerprint density at radius 2 is 1.52 bits per heavy atom. The molecule has 5 rings (SSSR count). The van der Waals surface area contributed by atoms with Crippen LogP contribution in [-0.2, 0) is 51.4 Å². The third kappa shape index (κ3) is 11.8. The van der Waals surface area contributed by atoms with Gasteiger partial charge in [0.15, 0.2) is 23.3 Å². The summed E-state index contributed by atoms with van der Waals surface area (Å²) in [4.78, 5) is 42.1. The third-order valence-corrected chi connectivity index (χ3v) is 11.8. The number of anilines is 1. The lowest BCUT2D eigenvalue weighted by molar-refractivity contribution is -0.673. The average Bonchev–Trinajstić information content (AvgIpc) is 3.60. The zero-order chi connectivity index (χ0) is 42.4. The van der Waals surface area contributed by atoms with Crippen LogP contribution in [0.4, 0.5) is 23.2 Å². The number of benzene rings is 2. The molecule has 1 atom stereocenters. The van der Waals surface area contributed by atoms with Gasteiger partial charge in [0.2, 0.25) is 11.2 Å². The highest BCUT2D eigenvalue weighted by molar-refractivity contribution is 7.85. The van der Waals surface area contributed by atoms with Gasteiger partial charge in [-0.25, -0.2) is 30.8 Å². The van der Waals surface area contributed by atoms with E-state index in [1.54, 1.807) is 18.2 Å². The van der Waals surface area contributed by atoms with E-state index in [0.717, 1.165) is 10.9 Å². The van der Waals surface area contributed by atoms with E-state index in [-0.39, 0.29) is 91.3 Å². The van der Waals surface area contributed by atoms with Crippen molar-refractivity contribution >= 4 is 60.7 Å². The molecule has 60 heavy (non-hydrogen) atoms. The molecule has 19 heteroatoms. The van der Waals surface area contributed by atoms with Crippen molar-refractivity contribution in [2.24, 2.45) is 0 Å². The molecule has 0 spiro atoms. The molecule has 2 amide bonds. The van der Waals surface area contributed by atoms with Crippen molar-refractivity contribution in [1.82, 2.24) is 5.06 Å². The number of hydrogen-bond acceptors (Lipinski definition) is 10. The van der Waals surface area contributed by atoms with E-state index in [9.17, 15) is 49.1 Å². The van der Waals surface area contributed by atoms with Crippen LogP contribution < -0.4 is 9.47 Å². The molecule has 3 heterocycles. The van der Waals surface area contributed by atoms with E-state index in [1.165, 1.54) is 17.9 Å². The summed E-state index contributed by atoms with van der Waals surface area (Å²) in [5, 5.41) is 1.29. The number of pyridine rings is 1. The first-order valence-electron chi connectivity index (χ1n) is 18.7. The van der Waals surface area contributed by atoms with Crippen molar-refractivity contribution in [1.29, 1.82) is 0 Å². The van der Waals surface area contributed by atoms with Gasteiger partial charge in [-0.05, 0) is 57.2 Å². The average molecular weight is 886 g/mol. The number of allylic oxidation sites excluding steroid dienone is 3. The quantitative estimate of drug-likeness (QED) is 0.0245. The fourth-order valence-electron chi connectivity index (χ4n) is 7.43. The van der Waals surface area contributed by atoms with E-state index in [0.29, 0.717) is 23.7 Å². The number of carbonyl (C=O) groups is 3. The number of aromatic nitrogens is 1. The Balaban J connectivity index is 0.00000480. The van der Waals surface area contributed by atoms with Gasteiger partial charge in [0.25, 0.3) is 21.9 Å². The number of amides is 2. The summed E-state index contributed by atoms with van der Waals surface area (Å²) >= 11 is 0. The number of fused-ring (bicyclic) bond motifs is 2. The summed E-state index contributed by atoms with van der Waals surface area (Å²) in [6.07, 6.45) is 5.47. The van der Waals surface area contributed by atoms with Crippen molar-refractivity contribution in [3.63, 3.8) is 0 Å². The minimum Gasteiger partial charge on any atom is -0.748 e. The maximum Gasteiger partial charge on any atom is 0.333 e. The van der Waals surface area contributed by atoms with E-state index in [4.69, 9.17) is 4.84 Å². The first-order chi connectivity index (χ1) is 27.3. The number of halogens is 4. The molecule has 2 aromatic carbocycles. The normalized spacial score (nSPS) is 17.4. The Hall–Kier alpha value is -4.72. The predicted octanol–water partition coefficient (Wildman–Crippen LogP) is 7.18. The molecule has 330 valence electrons. The number of carbonyl (C=O) groups excluding carboxylic acids is 3. The summed E-state index contributed by atoms with van der Waals surface area (Å²) in [5.41, 5.74) is -0.956. The van der Waals surface area contributed by atoms with Crippen molar-refractivity contribution in [2.75, 3.05) is 23.0 Å². The van der Waals surface area contributed by atoms with Crippen LogP contribution in [-0.4, -0.2) is 66.8 Å². The Labute approximate surface area is 348 Å². The van der Waals surface area contributed by atoms with Crippen molar-refractivity contribution in [2.45, 2.75) is 104 Å². The monoisotopic (exact) mass is 885 g/mol. The minimum atomic E-state index is -4.42. The van der Waals surface area contributed by atoms with Crippen molar-refractivity contribution < 1.29 is 67.3 Å². The number of hydrogen-bond donors (Lipinski definition) is 1. The molecule has 0 aliphatic carbocycles. The molecule has 3 aromatic rings. The topological polar surface area (TPSA) is 182 Å². The molecule has 0 bridgehead atoms. The molecule has 1 N–H and O–H groups in total. The van der Waals surface area contributed by atoms with Gasteiger partial charge in [-0.2, -0.15) is 13.0 Å². The zero-order valence-electron chi connectivity index (χ0n) is 31.6. The highest BCUT2D eigenvalue weighted by Gasteiger charge is 2.49. The SMILES string of the molecule is C.C.CC1(CCCCS(=O)(=O)O)C(=CC=Cc2ccc3ccccc3[n+]2CCCCS(=O)(=O)[O-])N(CCCCCC(=O)ON2C(=O)CCC2=O)c2c(F)c(F)c(F)c(F)c21. The van der Waals surface area contributed by atoms with E-state index < -0.39 is 89.5 Å². The Kier molecular flexibility index (Phi) is 17.1. The summed E-state index contributed by atoms with van der Waals surface area (Å²) in [5.74, 6) is -10.6. The van der Waals surface area contributed by atoms with Gasteiger partial charge in [0.05, 0.1) is 21.6 Å². The van der Waals surface area contributed by atoms with Crippen LogP contribution in [0.15, 0.2) is 54.2 Å². The number of nitrogens with zero attached hydrogens (tertiary/aromatic N) is 3. The molecule has 1 saturated heterocycles. The fourth-order valence-corrected chi connectivity index (χ4v) is 8.55. The summed E-state index contributed by atoms with van der Waals surface area (Å²) in [6, 6.07) is 11.0. The second-order valence-corrected chi connectivity index (χ2v) is 17.5. The van der Waals surface area contributed by atoms with Gasteiger partial charge in [-0.1, -0.05) is 45.9 Å². The lowest BCUT2D eigenvalue weighted by Crippen LogP contribution is -2.38. The minimum absolute atomic E-state index is 0. The first kappa shape index (κ1) is 49.6. The molecule has 1 aromatic heterocycles. The number of imide groups is 1. The standard InChI is InChI=1S/C39H43F4N3O10S2.2CH4/c1-39(21-6-9-24-57(50,51)52)29(15-11-13-27-18-17-26-12-4-5-14-28(26)44(27)22-8-10-25-58(53,54)55)45(38-33(39)34(40)35(41)36(42)37(38)43)23-7-2-3-16-32(49)56-46-30(47)19-20-31(46)48;;/h4-5,11-15,17-18H,2-3,6-10,16,19-25H2,1H3,(H-,50,51,52,53,54,55);2*1H4. The van der Waals surface area contributed by atoms with Crippen LogP contribution in [0, 0.1) is 23.3 Å². The van der Waals surface area contributed by atoms with Gasteiger partial charge in [-0.15, -0.1) is 5.06 Å². The van der Waals surface area contributed by atoms with Crippen LogP contribution >= 0.6 is 0 Å². The van der Waals surface area contributed by atoms with E-state index >= 15 is 8.78 Å². The highest BCUT2D eigenvalue weighted by Crippen LogP contribution is 2.54. The second kappa shape index (κ2) is 20.7. The molecule has 13 nitrogen and oxygen atoms in total. The van der Waals surface area contributed by atoms with Crippen LogP contribution in [0.1, 0.15) is 104 Å². The predicted molar refractivity (Wildman–Crippen MR) is 215 cm³/mol. The van der Waals surface area contributed by atoms with Gasteiger partial charge < -0.3 is 14.3 Å². The lowest BCUT2D eigenvalue weighted by atomic mass is 9.76. The van der Waals surface area contributed by atoms with Crippen molar-refractivity contribution in [3.05, 3.63) is 88.8 Å². The number of unbranched alkanes of at least 4 members (excludes halogenated alkanes) is 4. The lowest BCUT2D eigenvalue weighted by Gasteiger charge is -2.30. The second-order valence-electron chi connectivity index (χ2n) is 14.4. The zero-order valence-corrected chi connectivity index (χ0v) is 33.2. The molecule has 1 fully saturated rings. The molecule has 1 unspecified atom stereocenters. The summed E-state index contributed by atoms with van der Waals surface area (Å²) < 4.78 is 129. The number of aryl methyl sites for hydroxylation is 1. The molecule has 0 radical (unpaired) electrons. The molecule has 2 aliphatic heterocycles. The van der Waals surface area contributed by atoms with Crippen LogP contribution in [0.5, 0.6) is 0 Å². The first-order valence-corrected chi connectivity index (χ1v) is 21.9. The number of para-hydroxylation sites is 1. The molecular weight excluding hydrogens is 835 g/mol. The van der Waals surface area contributed by atoms with Gasteiger partial charge >= 0.3 is 5.97 Å². The largest absolute Gasteiger partial charge is 0.748 e. The number of rotatable bonds is 19. The third-order valence-electron chi connectivity index (χ3n) is 10.2. The summed E-state index contributed by atoms with van der Waals surface area (Å²) in [7, 11) is -8.78. The Bertz CT molecular complexity index is 2360. The van der Waals surface area contributed by atoms with Crippen LogP contribution in [0.3, 0.4) is 0 Å². The van der Waals surface area contributed by atoms with Crippen LogP contribution in [0.25, 0.3) is 17.0 Å². The van der Waals surface area contributed by atoms with Crippen LogP contribution in [0.2, 0.25) is 0 Å². The van der Waals surface area contributed by atoms with E-state index in [2.05, 4.69) is 0 Å². The van der Waals surface area contributed by atoms with Gasteiger partial charge in [-0.3, -0.25) is 14.1 Å². The smallest absolute Gasteiger partial charge is 0.333 e. The van der Waals surface area contributed by atoms with E-state index in [1.807, 2.05) is 34.9 Å². The number of hydroxylamine groups is 2. The Morgan fingerprint density at radius 3 is 2.18 bits per heavy atom. The van der Waals surface area contributed by atoms with Gasteiger partial charge in [0.1, 0.15) is 6.54 Å². The molecular formula is C41H51F4N3O10S2. The van der Waals surface area contributed by atoms with Crippen molar-refractivity contribution in [3.8, 4) is 0 Å². The Morgan fingerprint density at radius 1 is 0.867 bits per heavy atom. The van der Waals surface area contributed by atoms with Gasteiger partial charge in [0, 0.05) is 78.3 Å². The summed E-state index contributed by atoms with van der Waals surface area (Å²) in [6.45, 7) is 1.74.